The van der Waals surface area contributed by atoms with E-state index in [1.807, 2.05) is 31.2 Å². The molecule has 0 radical (unpaired) electrons. The SMILES string of the molecule is COc1cccc(CC(Cc2ccc(C)cc2Cl)NN)c1. The second-order valence-corrected chi connectivity index (χ2v) is 5.63. The lowest BCUT2D eigenvalue weighted by molar-refractivity contribution is 0.413. The van der Waals surface area contributed by atoms with Gasteiger partial charge in [-0.1, -0.05) is 35.9 Å². The topological polar surface area (TPSA) is 47.3 Å². The third-order valence-corrected chi connectivity index (χ3v) is 3.88. The summed E-state index contributed by atoms with van der Waals surface area (Å²) in [6.45, 7) is 2.03. The van der Waals surface area contributed by atoms with Gasteiger partial charge in [-0.2, -0.15) is 0 Å². The zero-order valence-corrected chi connectivity index (χ0v) is 13.2. The summed E-state index contributed by atoms with van der Waals surface area (Å²) in [7, 11) is 1.67. The van der Waals surface area contributed by atoms with Crippen molar-refractivity contribution in [2.75, 3.05) is 7.11 Å². The minimum Gasteiger partial charge on any atom is -0.497 e. The van der Waals surface area contributed by atoms with Gasteiger partial charge < -0.3 is 4.74 Å². The lowest BCUT2D eigenvalue weighted by atomic mass is 9.98. The predicted molar refractivity (Wildman–Crippen MR) is 87.7 cm³/mol. The summed E-state index contributed by atoms with van der Waals surface area (Å²) in [5.41, 5.74) is 6.33. The van der Waals surface area contributed by atoms with Gasteiger partial charge in [-0.3, -0.25) is 11.3 Å². The highest BCUT2D eigenvalue weighted by molar-refractivity contribution is 6.31. The second-order valence-electron chi connectivity index (χ2n) is 5.22. The highest BCUT2D eigenvalue weighted by Gasteiger charge is 2.11. The molecule has 1 unspecified atom stereocenters. The van der Waals surface area contributed by atoms with Gasteiger partial charge in [0.1, 0.15) is 5.75 Å². The van der Waals surface area contributed by atoms with E-state index in [2.05, 4.69) is 23.6 Å². The molecule has 0 aliphatic carbocycles. The van der Waals surface area contributed by atoms with Crippen molar-refractivity contribution >= 4 is 11.6 Å². The van der Waals surface area contributed by atoms with Crippen LogP contribution in [0.25, 0.3) is 0 Å². The number of hydrogen-bond acceptors (Lipinski definition) is 3. The van der Waals surface area contributed by atoms with Crippen LogP contribution in [0.3, 0.4) is 0 Å². The molecule has 4 heteroatoms. The first kappa shape index (κ1) is 15.8. The molecular formula is C17H21ClN2O. The van der Waals surface area contributed by atoms with Crippen LogP contribution in [0.5, 0.6) is 5.75 Å². The third kappa shape index (κ3) is 4.46. The average Bonchev–Trinajstić information content (AvgIpc) is 2.49. The van der Waals surface area contributed by atoms with E-state index < -0.39 is 0 Å². The number of halogens is 1. The van der Waals surface area contributed by atoms with Gasteiger partial charge in [0.25, 0.3) is 0 Å². The van der Waals surface area contributed by atoms with E-state index in [1.54, 1.807) is 7.11 Å². The minimum absolute atomic E-state index is 0.123. The number of nitrogens with one attached hydrogen (secondary N) is 1. The number of hydrogen-bond donors (Lipinski definition) is 2. The van der Waals surface area contributed by atoms with Crippen LogP contribution in [0.4, 0.5) is 0 Å². The monoisotopic (exact) mass is 304 g/mol. The molecule has 0 bridgehead atoms. The Labute approximate surface area is 131 Å². The Balaban J connectivity index is 2.09. The molecule has 0 fully saturated rings. The lowest BCUT2D eigenvalue weighted by Gasteiger charge is -2.17. The van der Waals surface area contributed by atoms with E-state index in [1.165, 1.54) is 5.56 Å². The van der Waals surface area contributed by atoms with Crippen molar-refractivity contribution in [3.05, 3.63) is 64.2 Å². The van der Waals surface area contributed by atoms with Gasteiger partial charge >= 0.3 is 0 Å². The van der Waals surface area contributed by atoms with Gasteiger partial charge in [0.2, 0.25) is 0 Å². The van der Waals surface area contributed by atoms with Crippen LogP contribution >= 0.6 is 11.6 Å². The first-order chi connectivity index (χ1) is 10.1. The van der Waals surface area contributed by atoms with Crippen molar-refractivity contribution in [1.29, 1.82) is 0 Å². The first-order valence-electron chi connectivity index (χ1n) is 6.96. The van der Waals surface area contributed by atoms with E-state index in [-0.39, 0.29) is 6.04 Å². The summed E-state index contributed by atoms with van der Waals surface area (Å²) in [5.74, 6) is 6.55. The molecule has 2 aromatic carbocycles. The summed E-state index contributed by atoms with van der Waals surface area (Å²) in [4.78, 5) is 0. The maximum Gasteiger partial charge on any atom is 0.119 e. The quantitative estimate of drug-likeness (QED) is 0.636. The Bertz CT molecular complexity index is 601. The Morgan fingerprint density at radius 3 is 2.67 bits per heavy atom. The molecule has 0 aliphatic heterocycles. The van der Waals surface area contributed by atoms with Gasteiger partial charge in [0.05, 0.1) is 7.11 Å². The predicted octanol–water partition coefficient (Wildman–Crippen LogP) is 3.27. The van der Waals surface area contributed by atoms with E-state index in [0.717, 1.165) is 34.7 Å². The van der Waals surface area contributed by atoms with Crippen LogP contribution in [0.1, 0.15) is 16.7 Å². The Hall–Kier alpha value is -1.55. The normalized spacial score (nSPS) is 12.2. The fourth-order valence-electron chi connectivity index (χ4n) is 2.36. The van der Waals surface area contributed by atoms with E-state index in [0.29, 0.717) is 0 Å². The summed E-state index contributed by atoms with van der Waals surface area (Å²) in [6, 6.07) is 14.3. The largest absolute Gasteiger partial charge is 0.497 e. The molecule has 3 nitrogen and oxygen atoms in total. The van der Waals surface area contributed by atoms with Crippen LogP contribution in [0.15, 0.2) is 42.5 Å². The summed E-state index contributed by atoms with van der Waals surface area (Å²) in [6.07, 6.45) is 1.60. The van der Waals surface area contributed by atoms with Crippen LogP contribution in [0, 0.1) is 6.92 Å². The zero-order chi connectivity index (χ0) is 15.2. The third-order valence-electron chi connectivity index (χ3n) is 3.53. The van der Waals surface area contributed by atoms with Crippen molar-refractivity contribution in [2.24, 2.45) is 5.84 Å². The molecule has 2 rings (SSSR count). The molecule has 3 N–H and O–H groups in total. The zero-order valence-electron chi connectivity index (χ0n) is 12.4. The van der Waals surface area contributed by atoms with Gasteiger partial charge in [0.15, 0.2) is 0 Å². The number of ether oxygens (including phenoxy) is 1. The number of nitrogens with two attached hydrogens (primary N) is 1. The van der Waals surface area contributed by atoms with Crippen molar-refractivity contribution in [1.82, 2.24) is 5.43 Å². The van der Waals surface area contributed by atoms with Crippen molar-refractivity contribution in [3.63, 3.8) is 0 Å². The standard InChI is InChI=1S/C17H21ClN2O/c1-12-6-7-14(17(18)8-12)11-15(20-19)9-13-4-3-5-16(10-13)21-2/h3-8,10,15,20H,9,11,19H2,1-2H3. The Kier molecular flexibility index (Phi) is 5.62. The smallest absolute Gasteiger partial charge is 0.119 e. The highest BCUT2D eigenvalue weighted by Crippen LogP contribution is 2.21. The van der Waals surface area contributed by atoms with Crippen molar-refractivity contribution in [2.45, 2.75) is 25.8 Å². The number of benzene rings is 2. The fraction of sp³-hybridized carbons (Fsp3) is 0.294. The number of rotatable bonds is 6. The molecule has 0 aromatic heterocycles. The van der Waals surface area contributed by atoms with Crippen LogP contribution in [0.2, 0.25) is 5.02 Å². The maximum atomic E-state index is 6.29. The van der Waals surface area contributed by atoms with Gasteiger partial charge in [0, 0.05) is 11.1 Å². The van der Waals surface area contributed by atoms with Crippen LogP contribution in [-0.2, 0) is 12.8 Å². The van der Waals surface area contributed by atoms with Crippen LogP contribution in [-0.4, -0.2) is 13.2 Å². The molecule has 2 aromatic rings. The lowest BCUT2D eigenvalue weighted by Crippen LogP contribution is -2.38. The minimum atomic E-state index is 0.123. The van der Waals surface area contributed by atoms with E-state index in [4.69, 9.17) is 22.2 Å². The molecule has 0 amide bonds. The second kappa shape index (κ2) is 7.46. The summed E-state index contributed by atoms with van der Waals surface area (Å²) < 4.78 is 5.25. The molecule has 0 spiro atoms. The molecule has 21 heavy (non-hydrogen) atoms. The van der Waals surface area contributed by atoms with Crippen LogP contribution < -0.4 is 16.0 Å². The summed E-state index contributed by atoms with van der Waals surface area (Å²) in [5, 5.41) is 0.792. The molecule has 0 saturated carbocycles. The van der Waals surface area contributed by atoms with E-state index in [9.17, 15) is 0 Å². The first-order valence-corrected chi connectivity index (χ1v) is 7.34. The van der Waals surface area contributed by atoms with Crippen molar-refractivity contribution < 1.29 is 4.74 Å². The Morgan fingerprint density at radius 1 is 1.19 bits per heavy atom. The maximum absolute atomic E-state index is 6.29. The number of hydrazine groups is 1. The van der Waals surface area contributed by atoms with Crippen molar-refractivity contribution in [3.8, 4) is 5.75 Å². The summed E-state index contributed by atoms with van der Waals surface area (Å²) >= 11 is 6.29. The number of methoxy groups -OCH3 is 1. The Morgan fingerprint density at radius 2 is 2.00 bits per heavy atom. The molecule has 112 valence electrons. The molecule has 0 saturated heterocycles. The number of aryl methyl sites for hydroxylation is 1. The van der Waals surface area contributed by atoms with Gasteiger partial charge in [-0.25, -0.2) is 0 Å². The molecule has 1 atom stereocenters. The molecular weight excluding hydrogens is 284 g/mol. The average molecular weight is 305 g/mol. The highest BCUT2D eigenvalue weighted by atomic mass is 35.5. The van der Waals surface area contributed by atoms with E-state index >= 15 is 0 Å². The van der Waals surface area contributed by atoms with Gasteiger partial charge in [-0.05, 0) is 54.7 Å². The van der Waals surface area contributed by atoms with Gasteiger partial charge in [-0.15, -0.1) is 0 Å². The fourth-order valence-corrected chi connectivity index (χ4v) is 2.67. The molecule has 0 aliphatic rings. The molecule has 0 heterocycles.